The zero-order valence-corrected chi connectivity index (χ0v) is 11.9. The van der Waals surface area contributed by atoms with Gasteiger partial charge in [-0.25, -0.2) is 4.98 Å². The standard InChI is InChI=1S/C14H22N4O/c1-14(2,3)13-17-10-8-15-5-4-11(10)18(13)9-6-12(19)16-7-9/h9,15H,4-8H2,1-3H3,(H,16,19). The second kappa shape index (κ2) is 4.34. The average molecular weight is 262 g/mol. The molecule has 0 aliphatic carbocycles. The van der Waals surface area contributed by atoms with Gasteiger partial charge < -0.3 is 15.2 Å². The number of hydrogen-bond donors (Lipinski definition) is 2. The zero-order chi connectivity index (χ0) is 13.6. The molecular weight excluding hydrogens is 240 g/mol. The van der Waals surface area contributed by atoms with E-state index in [1.165, 1.54) is 5.69 Å². The van der Waals surface area contributed by atoms with Crippen molar-refractivity contribution >= 4 is 5.91 Å². The summed E-state index contributed by atoms with van der Waals surface area (Å²) in [7, 11) is 0. The molecule has 0 radical (unpaired) electrons. The van der Waals surface area contributed by atoms with Gasteiger partial charge in [-0.05, 0) is 0 Å². The lowest BCUT2D eigenvalue weighted by atomic mass is 9.95. The number of amides is 1. The third kappa shape index (κ3) is 2.16. The van der Waals surface area contributed by atoms with E-state index < -0.39 is 0 Å². The molecule has 5 heteroatoms. The van der Waals surface area contributed by atoms with Crippen LogP contribution in [-0.4, -0.2) is 28.5 Å². The Bertz CT molecular complexity index is 512. The van der Waals surface area contributed by atoms with Gasteiger partial charge in [-0.1, -0.05) is 20.8 Å². The van der Waals surface area contributed by atoms with Crippen molar-refractivity contribution < 1.29 is 4.79 Å². The largest absolute Gasteiger partial charge is 0.354 e. The first-order valence-corrected chi connectivity index (χ1v) is 7.04. The highest BCUT2D eigenvalue weighted by Crippen LogP contribution is 2.31. The minimum atomic E-state index is 0.00295. The van der Waals surface area contributed by atoms with Crippen LogP contribution in [0.3, 0.4) is 0 Å². The molecule has 104 valence electrons. The van der Waals surface area contributed by atoms with E-state index in [4.69, 9.17) is 4.98 Å². The monoisotopic (exact) mass is 262 g/mol. The molecule has 1 aromatic heterocycles. The third-order valence-corrected chi connectivity index (χ3v) is 3.92. The lowest BCUT2D eigenvalue weighted by Gasteiger charge is -2.25. The molecule has 2 N–H and O–H groups in total. The molecule has 1 amide bonds. The first-order valence-electron chi connectivity index (χ1n) is 7.04. The predicted octanol–water partition coefficient (Wildman–Crippen LogP) is 0.887. The molecule has 1 aromatic rings. The van der Waals surface area contributed by atoms with Crippen LogP contribution in [0.25, 0.3) is 0 Å². The van der Waals surface area contributed by atoms with Gasteiger partial charge in [0, 0.05) is 43.6 Å². The summed E-state index contributed by atoms with van der Waals surface area (Å²) in [6, 6.07) is 0.232. The number of nitrogens with one attached hydrogen (secondary N) is 2. The molecule has 2 aliphatic rings. The van der Waals surface area contributed by atoms with Crippen molar-refractivity contribution in [1.82, 2.24) is 20.2 Å². The predicted molar refractivity (Wildman–Crippen MR) is 73.0 cm³/mol. The van der Waals surface area contributed by atoms with Gasteiger partial charge in [-0.3, -0.25) is 4.79 Å². The van der Waals surface area contributed by atoms with Crippen molar-refractivity contribution in [1.29, 1.82) is 0 Å². The van der Waals surface area contributed by atoms with Gasteiger partial charge in [0.2, 0.25) is 5.91 Å². The van der Waals surface area contributed by atoms with E-state index in [1.54, 1.807) is 0 Å². The summed E-state index contributed by atoms with van der Waals surface area (Å²) < 4.78 is 2.34. The van der Waals surface area contributed by atoms with Crippen LogP contribution in [0.5, 0.6) is 0 Å². The second-order valence-corrected chi connectivity index (χ2v) is 6.54. The Kier molecular flexibility index (Phi) is 2.89. The summed E-state index contributed by atoms with van der Waals surface area (Å²) in [6.45, 7) is 9.15. The van der Waals surface area contributed by atoms with Crippen LogP contribution in [0, 0.1) is 0 Å². The summed E-state index contributed by atoms with van der Waals surface area (Å²) in [5, 5.41) is 6.31. The van der Waals surface area contributed by atoms with Crippen LogP contribution >= 0.6 is 0 Å². The number of fused-ring (bicyclic) bond motifs is 1. The maximum atomic E-state index is 11.5. The Morgan fingerprint density at radius 2 is 2.16 bits per heavy atom. The smallest absolute Gasteiger partial charge is 0.222 e. The molecule has 1 fully saturated rings. The summed E-state index contributed by atoms with van der Waals surface area (Å²) in [4.78, 5) is 16.4. The van der Waals surface area contributed by atoms with Gasteiger partial charge in [0.05, 0.1) is 11.7 Å². The molecule has 3 heterocycles. The van der Waals surface area contributed by atoms with Gasteiger partial charge in [0.25, 0.3) is 0 Å². The SMILES string of the molecule is CC(C)(C)c1nc2c(n1C1CNC(=O)C1)CCNC2. The van der Waals surface area contributed by atoms with E-state index in [9.17, 15) is 4.79 Å². The van der Waals surface area contributed by atoms with Gasteiger partial charge in [-0.2, -0.15) is 0 Å². The van der Waals surface area contributed by atoms with E-state index in [-0.39, 0.29) is 17.4 Å². The molecule has 1 saturated heterocycles. The maximum absolute atomic E-state index is 11.5. The molecular formula is C14H22N4O. The summed E-state index contributed by atoms with van der Waals surface area (Å²) in [5.41, 5.74) is 2.49. The van der Waals surface area contributed by atoms with Crippen LogP contribution in [0.15, 0.2) is 0 Å². The van der Waals surface area contributed by atoms with Crippen molar-refractivity contribution in [2.75, 3.05) is 13.1 Å². The van der Waals surface area contributed by atoms with Gasteiger partial charge >= 0.3 is 0 Å². The van der Waals surface area contributed by atoms with Gasteiger partial charge in [0.1, 0.15) is 5.82 Å². The molecule has 19 heavy (non-hydrogen) atoms. The normalized spacial score (nSPS) is 23.3. The van der Waals surface area contributed by atoms with E-state index in [1.807, 2.05) is 0 Å². The van der Waals surface area contributed by atoms with Gasteiger partial charge in [0.15, 0.2) is 0 Å². The van der Waals surface area contributed by atoms with Crippen LogP contribution in [0.1, 0.15) is 50.4 Å². The Morgan fingerprint density at radius 1 is 1.37 bits per heavy atom. The number of hydrogen-bond acceptors (Lipinski definition) is 3. The Hall–Kier alpha value is -1.36. The van der Waals surface area contributed by atoms with Crippen molar-refractivity contribution in [2.24, 2.45) is 0 Å². The second-order valence-electron chi connectivity index (χ2n) is 6.54. The average Bonchev–Trinajstić information content (AvgIpc) is 2.91. The van der Waals surface area contributed by atoms with E-state index in [2.05, 4.69) is 36.0 Å². The van der Waals surface area contributed by atoms with Crippen molar-refractivity contribution in [2.45, 2.75) is 51.6 Å². The number of aromatic nitrogens is 2. The fraction of sp³-hybridized carbons (Fsp3) is 0.714. The lowest BCUT2D eigenvalue weighted by Crippen LogP contribution is -2.28. The molecule has 0 saturated carbocycles. The fourth-order valence-electron chi connectivity index (χ4n) is 3.03. The molecule has 1 unspecified atom stereocenters. The molecule has 3 rings (SSSR count). The first-order chi connectivity index (χ1) is 8.97. The highest BCUT2D eigenvalue weighted by molar-refractivity contribution is 5.78. The Morgan fingerprint density at radius 3 is 2.79 bits per heavy atom. The topological polar surface area (TPSA) is 59.0 Å². The number of rotatable bonds is 1. The summed E-state index contributed by atoms with van der Waals surface area (Å²) in [5.74, 6) is 1.27. The fourth-order valence-corrected chi connectivity index (χ4v) is 3.03. The minimum absolute atomic E-state index is 0.00295. The molecule has 5 nitrogen and oxygen atoms in total. The quantitative estimate of drug-likeness (QED) is 0.790. The molecule has 0 spiro atoms. The molecule has 2 aliphatic heterocycles. The zero-order valence-electron chi connectivity index (χ0n) is 11.9. The van der Waals surface area contributed by atoms with E-state index in [0.29, 0.717) is 6.42 Å². The van der Waals surface area contributed by atoms with E-state index in [0.717, 1.165) is 37.6 Å². The maximum Gasteiger partial charge on any atom is 0.222 e. The third-order valence-electron chi connectivity index (χ3n) is 3.92. The Labute approximate surface area is 113 Å². The van der Waals surface area contributed by atoms with Crippen LogP contribution in [-0.2, 0) is 23.2 Å². The number of carbonyl (C=O) groups excluding carboxylic acids is 1. The lowest BCUT2D eigenvalue weighted by molar-refractivity contribution is -0.119. The van der Waals surface area contributed by atoms with Gasteiger partial charge in [-0.15, -0.1) is 0 Å². The minimum Gasteiger partial charge on any atom is -0.354 e. The van der Waals surface area contributed by atoms with Crippen LogP contribution < -0.4 is 10.6 Å². The first kappa shape index (κ1) is 12.7. The highest BCUT2D eigenvalue weighted by Gasteiger charge is 2.33. The van der Waals surface area contributed by atoms with Crippen molar-refractivity contribution in [3.05, 3.63) is 17.2 Å². The van der Waals surface area contributed by atoms with Crippen LogP contribution in [0.4, 0.5) is 0 Å². The molecule has 1 atom stereocenters. The Balaban J connectivity index is 2.09. The number of carbonyl (C=O) groups is 1. The van der Waals surface area contributed by atoms with E-state index >= 15 is 0 Å². The number of imidazole rings is 1. The highest BCUT2D eigenvalue weighted by atomic mass is 16.1. The molecule has 0 aromatic carbocycles. The summed E-state index contributed by atoms with van der Waals surface area (Å²) >= 11 is 0. The number of nitrogens with zero attached hydrogens (tertiary/aromatic N) is 2. The van der Waals surface area contributed by atoms with Crippen molar-refractivity contribution in [3.63, 3.8) is 0 Å². The molecule has 0 bridgehead atoms. The van der Waals surface area contributed by atoms with Crippen LogP contribution in [0.2, 0.25) is 0 Å². The van der Waals surface area contributed by atoms with Crippen molar-refractivity contribution in [3.8, 4) is 0 Å². The summed E-state index contributed by atoms with van der Waals surface area (Å²) in [6.07, 6.45) is 1.59.